The van der Waals surface area contributed by atoms with Crippen molar-refractivity contribution in [1.82, 2.24) is 24.7 Å². The van der Waals surface area contributed by atoms with E-state index in [1.807, 2.05) is 23.0 Å². The minimum Gasteiger partial charge on any atom is -0.480 e. The number of aromatic nitrogens is 5. The molecular weight excluding hydrogens is 664 g/mol. The lowest BCUT2D eigenvalue weighted by atomic mass is 9.90. The van der Waals surface area contributed by atoms with Gasteiger partial charge in [0.25, 0.3) is 6.43 Å². The minimum atomic E-state index is -2.98. The number of hydrogen-bond acceptors (Lipinski definition) is 11. The average Bonchev–Trinajstić information content (AvgIpc) is 3.44. The van der Waals surface area contributed by atoms with Crippen LogP contribution in [0.15, 0.2) is 59.4 Å². The fraction of sp³-hybridized carbons (Fsp3) is 0.417. The summed E-state index contributed by atoms with van der Waals surface area (Å²) in [6.45, 7) is 4.06. The normalized spacial score (nSPS) is 23.4. The van der Waals surface area contributed by atoms with Gasteiger partial charge in [-0.1, -0.05) is 24.0 Å². The molecule has 4 fully saturated rings. The summed E-state index contributed by atoms with van der Waals surface area (Å²) in [6, 6.07) is 9.52. The number of fused-ring (bicyclic) bond motifs is 3. The van der Waals surface area contributed by atoms with Gasteiger partial charge in [0.05, 0.1) is 32.4 Å². The molecule has 1 saturated carbocycles. The summed E-state index contributed by atoms with van der Waals surface area (Å²) < 4.78 is 54.4. The molecule has 0 unspecified atom stereocenters. The van der Waals surface area contributed by atoms with Gasteiger partial charge in [0, 0.05) is 42.5 Å². The molecule has 3 atom stereocenters. The lowest BCUT2D eigenvalue weighted by Crippen LogP contribution is -2.68. The molecule has 1 aromatic carbocycles. The van der Waals surface area contributed by atoms with E-state index in [-0.39, 0.29) is 41.5 Å². The number of nitrogens with zero attached hydrogens (tertiary/aromatic N) is 7. The number of morpholine rings is 1. The Morgan fingerprint density at radius 3 is 2.73 bits per heavy atom. The molecule has 9 rings (SSSR count). The molecule has 13 nitrogen and oxygen atoms in total. The van der Waals surface area contributed by atoms with Crippen LogP contribution in [0.5, 0.6) is 5.88 Å². The lowest BCUT2D eigenvalue weighted by molar-refractivity contribution is -0.228. The van der Waals surface area contributed by atoms with E-state index in [0.717, 1.165) is 12.8 Å². The standard InChI is InChI=1S/C36H33F2N7O6/c1-21-36(19-48-20-36)49-14-13-43(21)25-15-22(7-8-35(9-10-35)45-12-4-11-40-45)17-39-33(25)50-23-16-26(34(46)47)44(18-23)32-29-28(41-31(42-32)30(37)38)24-5-2-3-6-27(24)51-29/h2-6,11-12,15,17,21,23,26,30H,9-10,13-14,16,18-20H2,1H3,(H,46,47)/t21-,23-,26-/m0/s1. The van der Waals surface area contributed by atoms with Crippen LogP contribution in [0.3, 0.4) is 0 Å². The Hall–Kier alpha value is -5.33. The predicted octanol–water partition coefficient (Wildman–Crippen LogP) is 4.55. The maximum absolute atomic E-state index is 14.1. The van der Waals surface area contributed by atoms with Crippen LogP contribution >= 0.6 is 0 Å². The fourth-order valence-electron chi connectivity index (χ4n) is 7.34. The largest absolute Gasteiger partial charge is 0.480 e. The first-order valence-corrected chi connectivity index (χ1v) is 16.9. The van der Waals surface area contributed by atoms with Crippen molar-refractivity contribution in [2.24, 2.45) is 0 Å². The second kappa shape index (κ2) is 11.9. The van der Waals surface area contributed by atoms with E-state index in [4.69, 9.17) is 23.6 Å². The Labute approximate surface area is 290 Å². The molecule has 1 N–H and O–H groups in total. The van der Waals surface area contributed by atoms with Crippen molar-refractivity contribution in [3.05, 3.63) is 66.4 Å². The van der Waals surface area contributed by atoms with E-state index in [2.05, 4.69) is 38.7 Å². The van der Waals surface area contributed by atoms with Crippen LogP contribution < -0.4 is 14.5 Å². The second-order valence-electron chi connectivity index (χ2n) is 13.5. The third-order valence-electron chi connectivity index (χ3n) is 10.4. The van der Waals surface area contributed by atoms with E-state index >= 15 is 0 Å². The summed E-state index contributed by atoms with van der Waals surface area (Å²) in [5.74, 6) is 5.12. The third-order valence-corrected chi connectivity index (χ3v) is 10.4. The first kappa shape index (κ1) is 31.6. The summed E-state index contributed by atoms with van der Waals surface area (Å²) in [5, 5.41) is 15.3. The number of rotatable bonds is 7. The van der Waals surface area contributed by atoms with Gasteiger partial charge in [0.1, 0.15) is 40.1 Å². The van der Waals surface area contributed by atoms with Crippen molar-refractivity contribution < 1.29 is 37.3 Å². The first-order chi connectivity index (χ1) is 24.7. The number of carboxylic acids is 1. The van der Waals surface area contributed by atoms with Gasteiger partial charge in [0.15, 0.2) is 17.2 Å². The average molecular weight is 698 g/mol. The van der Waals surface area contributed by atoms with Crippen LogP contribution in [0.4, 0.5) is 20.3 Å². The number of halogens is 2. The van der Waals surface area contributed by atoms with Gasteiger partial charge in [-0.15, -0.1) is 0 Å². The maximum Gasteiger partial charge on any atom is 0.326 e. The quantitative estimate of drug-likeness (QED) is 0.239. The lowest BCUT2D eigenvalue weighted by Gasteiger charge is -2.53. The predicted molar refractivity (Wildman–Crippen MR) is 179 cm³/mol. The van der Waals surface area contributed by atoms with E-state index in [1.165, 1.54) is 4.90 Å². The molecule has 1 spiro atoms. The summed E-state index contributed by atoms with van der Waals surface area (Å²) in [7, 11) is 0. The zero-order valence-corrected chi connectivity index (χ0v) is 27.5. The van der Waals surface area contributed by atoms with Crippen molar-refractivity contribution in [2.75, 3.05) is 42.7 Å². The van der Waals surface area contributed by atoms with Crippen LogP contribution in [0.1, 0.15) is 44.0 Å². The van der Waals surface area contributed by atoms with Gasteiger partial charge in [-0.2, -0.15) is 5.10 Å². The number of pyridine rings is 1. The Kier molecular flexibility index (Phi) is 7.37. The van der Waals surface area contributed by atoms with Gasteiger partial charge >= 0.3 is 5.97 Å². The first-order valence-electron chi connectivity index (χ1n) is 16.9. The Balaban J connectivity index is 1.07. The number of carbonyl (C=O) groups is 1. The Bertz CT molecular complexity index is 2210. The fourth-order valence-corrected chi connectivity index (χ4v) is 7.34. The summed E-state index contributed by atoms with van der Waals surface area (Å²) >= 11 is 0. The summed E-state index contributed by atoms with van der Waals surface area (Å²) in [6.07, 6.45) is 3.48. The second-order valence-corrected chi connectivity index (χ2v) is 13.5. The molecule has 3 saturated heterocycles. The highest BCUT2D eigenvalue weighted by atomic mass is 19.3. The number of ether oxygens (including phenoxy) is 3. The molecule has 0 amide bonds. The summed E-state index contributed by atoms with van der Waals surface area (Å²) in [5.41, 5.74) is 1.33. The van der Waals surface area contributed by atoms with Gasteiger partial charge in [-0.3, -0.25) is 4.68 Å². The molecule has 3 aliphatic heterocycles. The van der Waals surface area contributed by atoms with Gasteiger partial charge in [0.2, 0.25) is 5.88 Å². The molecule has 4 aliphatic rings. The smallest absolute Gasteiger partial charge is 0.326 e. The van der Waals surface area contributed by atoms with Gasteiger partial charge in [-0.25, -0.2) is 28.5 Å². The number of furan rings is 1. The molecule has 7 heterocycles. The van der Waals surface area contributed by atoms with Crippen LogP contribution in [-0.2, 0) is 19.8 Å². The SMILES string of the molecule is C[C@@H]1N(c2cc(C#CC3(n4cccn4)CC3)cnc2O[C@H]2C[C@@H](C(=O)O)N(c3nc(C(F)F)nc4c3oc3ccccc34)C2)CCOC12COC2. The van der Waals surface area contributed by atoms with E-state index in [1.54, 1.807) is 36.7 Å². The maximum atomic E-state index is 14.1. The van der Waals surface area contributed by atoms with Crippen molar-refractivity contribution in [3.63, 3.8) is 0 Å². The van der Waals surface area contributed by atoms with Crippen LogP contribution in [-0.4, -0.2) is 92.5 Å². The highest BCUT2D eigenvalue weighted by Crippen LogP contribution is 2.43. The molecule has 5 aromatic rings. The third kappa shape index (κ3) is 5.32. The monoisotopic (exact) mass is 697 g/mol. The van der Waals surface area contributed by atoms with E-state index < -0.39 is 36.0 Å². The number of benzene rings is 1. The molecule has 1 aliphatic carbocycles. The molecule has 262 valence electrons. The number of hydrogen-bond donors (Lipinski definition) is 1. The molecule has 15 heteroatoms. The van der Waals surface area contributed by atoms with Crippen LogP contribution in [0, 0.1) is 11.8 Å². The number of alkyl halides is 2. The molecule has 4 aromatic heterocycles. The number of para-hydroxylation sites is 1. The number of anilines is 2. The van der Waals surface area contributed by atoms with Crippen molar-refractivity contribution >= 4 is 39.5 Å². The highest BCUT2D eigenvalue weighted by molar-refractivity contribution is 6.06. The van der Waals surface area contributed by atoms with Crippen molar-refractivity contribution in [3.8, 4) is 17.7 Å². The van der Waals surface area contributed by atoms with E-state index in [9.17, 15) is 18.7 Å². The van der Waals surface area contributed by atoms with Crippen LogP contribution in [0.25, 0.3) is 22.1 Å². The van der Waals surface area contributed by atoms with Gasteiger partial charge in [-0.05, 0) is 44.0 Å². The minimum absolute atomic E-state index is 0.0221. The zero-order valence-electron chi connectivity index (χ0n) is 27.5. The zero-order chi connectivity index (χ0) is 34.9. The Morgan fingerprint density at radius 2 is 2.00 bits per heavy atom. The Morgan fingerprint density at radius 1 is 1.16 bits per heavy atom. The topological polar surface area (TPSA) is 141 Å². The molecular formula is C36H33F2N7O6. The van der Waals surface area contributed by atoms with Crippen LogP contribution in [0.2, 0.25) is 0 Å². The number of carboxylic acid groups (broad SMARTS) is 1. The number of aliphatic carboxylic acids is 1. The van der Waals surface area contributed by atoms with Crippen molar-refractivity contribution in [2.45, 2.75) is 61.9 Å². The highest BCUT2D eigenvalue weighted by Gasteiger charge is 2.50. The van der Waals surface area contributed by atoms with Crippen molar-refractivity contribution in [1.29, 1.82) is 0 Å². The molecule has 51 heavy (non-hydrogen) atoms. The summed E-state index contributed by atoms with van der Waals surface area (Å²) in [4.78, 5) is 29.3. The van der Waals surface area contributed by atoms with Gasteiger partial charge < -0.3 is 33.5 Å². The van der Waals surface area contributed by atoms with E-state index in [0.29, 0.717) is 54.5 Å². The molecule has 0 radical (unpaired) electrons. The molecule has 0 bridgehead atoms.